The predicted octanol–water partition coefficient (Wildman–Crippen LogP) is 3.39. The molecule has 0 radical (unpaired) electrons. The molecule has 0 aliphatic rings. The van der Waals surface area contributed by atoms with E-state index >= 15 is 0 Å². The zero-order valence-electron chi connectivity index (χ0n) is 15.2. The lowest BCUT2D eigenvalue weighted by Gasteiger charge is -2.22. The molecule has 146 valence electrons. The van der Waals surface area contributed by atoms with Crippen molar-refractivity contribution in [2.75, 3.05) is 17.1 Å². The van der Waals surface area contributed by atoms with Crippen LogP contribution in [0.2, 0.25) is 0 Å². The molecule has 2 aromatic rings. The van der Waals surface area contributed by atoms with Crippen molar-refractivity contribution in [2.45, 2.75) is 25.8 Å². The van der Waals surface area contributed by atoms with Gasteiger partial charge in [-0.2, -0.15) is 0 Å². The topological polar surface area (TPSA) is 66.5 Å². The summed E-state index contributed by atoms with van der Waals surface area (Å²) in [4.78, 5) is 12.1. The van der Waals surface area contributed by atoms with Crippen LogP contribution in [-0.4, -0.2) is 27.1 Å². The first kappa shape index (κ1) is 20.8. The normalized spacial score (nSPS) is 12.4. The minimum Gasteiger partial charge on any atom is -0.350 e. The van der Waals surface area contributed by atoms with Crippen LogP contribution in [0.4, 0.5) is 14.5 Å². The van der Waals surface area contributed by atoms with Crippen molar-refractivity contribution >= 4 is 21.6 Å². The minimum absolute atomic E-state index is 0.100. The number of benzene rings is 2. The molecule has 0 spiro atoms. The van der Waals surface area contributed by atoms with E-state index in [0.717, 1.165) is 16.1 Å². The fraction of sp³-hybridized carbons (Fsp3) is 0.316. The highest BCUT2D eigenvalue weighted by Gasteiger charge is 2.18. The number of anilines is 1. The molecule has 5 nitrogen and oxygen atoms in total. The van der Waals surface area contributed by atoms with Crippen LogP contribution < -0.4 is 9.62 Å². The highest BCUT2D eigenvalue weighted by atomic mass is 32.2. The molecule has 0 aromatic heterocycles. The smallest absolute Gasteiger partial charge is 0.232 e. The lowest BCUT2D eigenvalue weighted by Crippen LogP contribution is -2.32. The van der Waals surface area contributed by atoms with E-state index < -0.39 is 15.8 Å². The molecule has 0 heterocycles. The van der Waals surface area contributed by atoms with E-state index in [1.807, 2.05) is 0 Å². The third-order valence-electron chi connectivity index (χ3n) is 4.03. The molecular weight excluding hydrogens is 374 g/mol. The van der Waals surface area contributed by atoms with Crippen LogP contribution >= 0.6 is 0 Å². The van der Waals surface area contributed by atoms with Crippen LogP contribution in [0.25, 0.3) is 0 Å². The maximum Gasteiger partial charge on any atom is 0.232 e. The van der Waals surface area contributed by atoms with Crippen LogP contribution in [0.5, 0.6) is 0 Å². The van der Waals surface area contributed by atoms with Gasteiger partial charge in [0.15, 0.2) is 0 Å². The van der Waals surface area contributed by atoms with Gasteiger partial charge in [-0.25, -0.2) is 17.2 Å². The number of carbonyl (C=O) groups excluding carboxylic acids is 1. The highest BCUT2D eigenvalue weighted by Crippen LogP contribution is 2.19. The second-order valence-corrected chi connectivity index (χ2v) is 8.16. The van der Waals surface area contributed by atoms with Crippen LogP contribution in [0.15, 0.2) is 48.5 Å². The van der Waals surface area contributed by atoms with E-state index in [9.17, 15) is 22.0 Å². The summed E-state index contributed by atoms with van der Waals surface area (Å²) in [6.07, 6.45) is 1.48. The number of hydrogen-bond acceptors (Lipinski definition) is 3. The van der Waals surface area contributed by atoms with Crippen molar-refractivity contribution in [3.8, 4) is 0 Å². The monoisotopic (exact) mass is 396 g/mol. The summed E-state index contributed by atoms with van der Waals surface area (Å²) in [5.74, 6) is -1.04. The average molecular weight is 396 g/mol. The zero-order chi connectivity index (χ0) is 20.0. The van der Waals surface area contributed by atoms with Gasteiger partial charge < -0.3 is 5.32 Å². The van der Waals surface area contributed by atoms with Crippen LogP contribution in [0.1, 0.15) is 31.4 Å². The minimum atomic E-state index is -3.56. The quantitative estimate of drug-likeness (QED) is 0.744. The number of hydrogen-bond donors (Lipinski definition) is 1. The first-order chi connectivity index (χ1) is 12.7. The summed E-state index contributed by atoms with van der Waals surface area (Å²) in [5, 5.41) is 2.80. The first-order valence-corrected chi connectivity index (χ1v) is 10.3. The SMILES string of the molecule is C[C@@H](NC(=O)CCCN(c1ccc(F)cc1)S(C)(=O)=O)c1ccc(F)cc1. The zero-order valence-corrected chi connectivity index (χ0v) is 16.0. The van der Waals surface area contributed by atoms with E-state index in [1.54, 1.807) is 19.1 Å². The van der Waals surface area contributed by atoms with E-state index in [2.05, 4.69) is 5.32 Å². The van der Waals surface area contributed by atoms with Crippen LogP contribution in [0, 0.1) is 11.6 Å². The van der Waals surface area contributed by atoms with Gasteiger partial charge in [-0.1, -0.05) is 12.1 Å². The first-order valence-electron chi connectivity index (χ1n) is 8.45. The van der Waals surface area contributed by atoms with E-state index in [-0.39, 0.29) is 30.7 Å². The molecule has 1 amide bonds. The summed E-state index contributed by atoms with van der Waals surface area (Å²) in [7, 11) is -3.56. The van der Waals surface area contributed by atoms with Gasteiger partial charge in [-0.15, -0.1) is 0 Å². The molecule has 1 N–H and O–H groups in total. The summed E-state index contributed by atoms with van der Waals surface area (Å²) >= 11 is 0. The molecule has 0 unspecified atom stereocenters. The third-order valence-corrected chi connectivity index (χ3v) is 5.22. The van der Waals surface area contributed by atoms with E-state index in [1.165, 1.54) is 36.4 Å². The lowest BCUT2D eigenvalue weighted by atomic mass is 10.1. The Labute approximate surface area is 158 Å². The fourth-order valence-corrected chi connectivity index (χ4v) is 3.59. The standard InChI is InChI=1S/C19H22F2N2O3S/c1-14(15-5-7-16(20)8-6-15)22-19(24)4-3-13-23(27(2,25)26)18-11-9-17(21)10-12-18/h5-12,14H,3-4,13H2,1-2H3,(H,22,24)/t14-/m1/s1. The van der Waals surface area contributed by atoms with Gasteiger partial charge in [-0.3, -0.25) is 9.10 Å². The number of carbonyl (C=O) groups is 1. The molecule has 0 saturated carbocycles. The summed E-state index contributed by atoms with van der Waals surface area (Å²) in [6, 6.07) is 10.7. The van der Waals surface area contributed by atoms with Crippen molar-refractivity contribution in [1.29, 1.82) is 0 Å². The molecule has 0 aliphatic carbocycles. The van der Waals surface area contributed by atoms with Crippen molar-refractivity contribution < 1.29 is 22.0 Å². The number of amides is 1. The number of nitrogens with zero attached hydrogens (tertiary/aromatic N) is 1. The average Bonchev–Trinajstić information content (AvgIpc) is 2.59. The van der Waals surface area contributed by atoms with Gasteiger partial charge in [-0.05, 0) is 55.3 Å². The second kappa shape index (κ2) is 8.94. The summed E-state index contributed by atoms with van der Waals surface area (Å²) in [6.45, 7) is 1.88. The van der Waals surface area contributed by atoms with E-state index in [4.69, 9.17) is 0 Å². The van der Waals surface area contributed by atoms with Crippen molar-refractivity contribution in [2.24, 2.45) is 0 Å². The Morgan fingerprint density at radius 2 is 1.56 bits per heavy atom. The lowest BCUT2D eigenvalue weighted by molar-refractivity contribution is -0.121. The molecule has 2 rings (SSSR count). The number of rotatable bonds is 8. The molecule has 27 heavy (non-hydrogen) atoms. The Balaban J connectivity index is 1.91. The number of nitrogens with one attached hydrogen (secondary N) is 1. The predicted molar refractivity (Wildman–Crippen MR) is 101 cm³/mol. The molecule has 8 heteroatoms. The van der Waals surface area contributed by atoms with Gasteiger partial charge in [0, 0.05) is 13.0 Å². The van der Waals surface area contributed by atoms with Gasteiger partial charge in [0.2, 0.25) is 15.9 Å². The van der Waals surface area contributed by atoms with Gasteiger partial charge in [0.1, 0.15) is 11.6 Å². The van der Waals surface area contributed by atoms with Gasteiger partial charge in [0.05, 0.1) is 18.0 Å². The molecule has 0 aliphatic heterocycles. The maximum absolute atomic E-state index is 13.0. The van der Waals surface area contributed by atoms with Crippen LogP contribution in [0.3, 0.4) is 0 Å². The molecule has 0 bridgehead atoms. The largest absolute Gasteiger partial charge is 0.350 e. The highest BCUT2D eigenvalue weighted by molar-refractivity contribution is 7.92. The van der Waals surface area contributed by atoms with Crippen LogP contribution in [-0.2, 0) is 14.8 Å². The summed E-state index contributed by atoms with van der Waals surface area (Å²) in [5.41, 5.74) is 1.12. The maximum atomic E-state index is 13.0. The Hall–Kier alpha value is -2.48. The van der Waals surface area contributed by atoms with Gasteiger partial charge in [0.25, 0.3) is 0 Å². The van der Waals surface area contributed by atoms with Gasteiger partial charge >= 0.3 is 0 Å². The molecular formula is C19H22F2N2O3S. The Morgan fingerprint density at radius 3 is 2.07 bits per heavy atom. The van der Waals surface area contributed by atoms with Crippen molar-refractivity contribution in [3.63, 3.8) is 0 Å². The number of halogens is 2. The third kappa shape index (κ3) is 6.32. The Kier molecular flexibility index (Phi) is 6.90. The summed E-state index contributed by atoms with van der Waals surface area (Å²) < 4.78 is 51.1. The Bertz CT molecular complexity index is 869. The molecule has 0 saturated heterocycles. The molecule has 0 fully saturated rings. The second-order valence-electron chi connectivity index (χ2n) is 6.26. The molecule has 2 aromatic carbocycles. The fourth-order valence-electron chi connectivity index (χ4n) is 2.63. The van der Waals surface area contributed by atoms with Crippen molar-refractivity contribution in [3.05, 3.63) is 65.7 Å². The molecule has 1 atom stereocenters. The Morgan fingerprint density at radius 1 is 1.04 bits per heavy atom. The number of sulfonamides is 1. The van der Waals surface area contributed by atoms with E-state index in [0.29, 0.717) is 12.1 Å². The van der Waals surface area contributed by atoms with Crippen molar-refractivity contribution in [1.82, 2.24) is 5.32 Å².